The third-order valence-corrected chi connectivity index (χ3v) is 5.74. The molecule has 2 amide bonds. The number of hydrogen-bond donors (Lipinski definition) is 2. The SMILES string of the molecule is CC(CCNC(=O)OCc1ccccc1)CC(=O)N1Cc2ccccc2CC1C(=O)CO. The number of nitrogens with one attached hydrogen (secondary N) is 1. The number of amides is 2. The van der Waals surface area contributed by atoms with Gasteiger partial charge < -0.3 is 20.1 Å². The summed E-state index contributed by atoms with van der Waals surface area (Å²) in [7, 11) is 0. The predicted molar refractivity (Wildman–Crippen MR) is 120 cm³/mol. The standard InChI is InChI=1S/C25H30N2O5/c1-18(11-12-26-25(31)32-17-19-7-3-2-4-8-19)13-24(30)27-15-21-10-6-5-9-20(21)14-22(27)23(29)16-28/h2-10,18,22,28H,11-17H2,1H3,(H,26,31). The first-order chi connectivity index (χ1) is 15.5. The number of alkyl carbamates (subject to hydrolysis) is 1. The Labute approximate surface area is 188 Å². The lowest BCUT2D eigenvalue weighted by atomic mass is 9.91. The maximum Gasteiger partial charge on any atom is 0.407 e. The zero-order chi connectivity index (χ0) is 22.9. The zero-order valence-electron chi connectivity index (χ0n) is 18.3. The maximum atomic E-state index is 13.0. The largest absolute Gasteiger partial charge is 0.445 e. The van der Waals surface area contributed by atoms with Gasteiger partial charge in [-0.05, 0) is 29.0 Å². The molecule has 3 rings (SSSR count). The average molecular weight is 439 g/mol. The van der Waals surface area contributed by atoms with Crippen LogP contribution in [0.15, 0.2) is 54.6 Å². The minimum Gasteiger partial charge on any atom is -0.445 e. The molecule has 1 heterocycles. The van der Waals surface area contributed by atoms with Crippen molar-refractivity contribution in [1.82, 2.24) is 10.2 Å². The van der Waals surface area contributed by atoms with Crippen molar-refractivity contribution in [2.45, 2.75) is 45.4 Å². The molecule has 0 bridgehead atoms. The number of ketones is 1. The molecule has 0 aliphatic carbocycles. The molecule has 7 nitrogen and oxygen atoms in total. The van der Waals surface area contributed by atoms with Crippen LogP contribution in [0, 0.1) is 5.92 Å². The summed E-state index contributed by atoms with van der Waals surface area (Å²) in [5.41, 5.74) is 2.98. The Morgan fingerprint density at radius 1 is 1.09 bits per heavy atom. The number of benzene rings is 2. The Balaban J connectivity index is 1.46. The molecule has 2 atom stereocenters. The van der Waals surface area contributed by atoms with E-state index >= 15 is 0 Å². The van der Waals surface area contributed by atoms with Crippen LogP contribution in [0.25, 0.3) is 0 Å². The van der Waals surface area contributed by atoms with Gasteiger partial charge in [0, 0.05) is 25.9 Å². The van der Waals surface area contributed by atoms with Crippen molar-refractivity contribution in [1.29, 1.82) is 0 Å². The number of hydrogen-bond acceptors (Lipinski definition) is 5. The Morgan fingerprint density at radius 2 is 1.78 bits per heavy atom. The van der Waals surface area contributed by atoms with Gasteiger partial charge in [-0.15, -0.1) is 0 Å². The molecule has 0 aromatic heterocycles. The van der Waals surface area contributed by atoms with Crippen LogP contribution < -0.4 is 5.32 Å². The average Bonchev–Trinajstić information content (AvgIpc) is 2.82. The van der Waals surface area contributed by atoms with E-state index < -0.39 is 18.7 Å². The van der Waals surface area contributed by atoms with Crippen molar-refractivity contribution >= 4 is 17.8 Å². The minimum atomic E-state index is -0.638. The van der Waals surface area contributed by atoms with Crippen molar-refractivity contribution in [3.8, 4) is 0 Å². The van der Waals surface area contributed by atoms with Gasteiger partial charge in [-0.3, -0.25) is 9.59 Å². The van der Waals surface area contributed by atoms with Crippen molar-refractivity contribution in [2.75, 3.05) is 13.2 Å². The monoisotopic (exact) mass is 438 g/mol. The van der Waals surface area contributed by atoms with E-state index in [-0.39, 0.29) is 30.6 Å². The number of carbonyl (C=O) groups is 3. The summed E-state index contributed by atoms with van der Waals surface area (Å²) in [6.07, 6.45) is 0.798. The molecular weight excluding hydrogens is 408 g/mol. The molecule has 7 heteroatoms. The molecular formula is C25H30N2O5. The molecule has 0 saturated heterocycles. The molecule has 1 aliphatic heterocycles. The first kappa shape index (κ1) is 23.5. The van der Waals surface area contributed by atoms with Crippen molar-refractivity contribution < 1.29 is 24.2 Å². The highest BCUT2D eigenvalue weighted by Crippen LogP contribution is 2.25. The molecule has 32 heavy (non-hydrogen) atoms. The van der Waals surface area contributed by atoms with Gasteiger partial charge in [0.15, 0.2) is 5.78 Å². The molecule has 0 spiro atoms. The van der Waals surface area contributed by atoms with E-state index in [2.05, 4.69) is 5.32 Å². The second-order valence-electron chi connectivity index (χ2n) is 8.22. The molecule has 0 radical (unpaired) electrons. The van der Waals surface area contributed by atoms with Gasteiger partial charge in [0.1, 0.15) is 13.2 Å². The minimum absolute atomic E-state index is 0.0129. The maximum absolute atomic E-state index is 13.0. The Hall–Kier alpha value is -3.19. The van der Waals surface area contributed by atoms with Gasteiger partial charge in [-0.25, -0.2) is 4.79 Å². The molecule has 2 aromatic carbocycles. The quantitative estimate of drug-likeness (QED) is 0.628. The lowest BCUT2D eigenvalue weighted by Gasteiger charge is -2.36. The first-order valence-corrected chi connectivity index (χ1v) is 10.9. The summed E-state index contributed by atoms with van der Waals surface area (Å²) in [6, 6.07) is 16.5. The topological polar surface area (TPSA) is 95.9 Å². The zero-order valence-corrected chi connectivity index (χ0v) is 18.3. The molecule has 2 unspecified atom stereocenters. The highest BCUT2D eigenvalue weighted by molar-refractivity contribution is 5.90. The summed E-state index contributed by atoms with van der Waals surface area (Å²) in [4.78, 5) is 38.7. The first-order valence-electron chi connectivity index (χ1n) is 10.9. The van der Waals surface area contributed by atoms with E-state index in [9.17, 15) is 19.5 Å². The van der Waals surface area contributed by atoms with E-state index in [0.29, 0.717) is 25.9 Å². The highest BCUT2D eigenvalue weighted by atomic mass is 16.5. The van der Waals surface area contributed by atoms with Gasteiger partial charge >= 0.3 is 6.09 Å². The van der Waals surface area contributed by atoms with E-state index in [1.54, 1.807) is 4.90 Å². The van der Waals surface area contributed by atoms with Crippen molar-refractivity contribution in [3.63, 3.8) is 0 Å². The van der Waals surface area contributed by atoms with Gasteiger partial charge in [-0.2, -0.15) is 0 Å². The van der Waals surface area contributed by atoms with E-state index in [1.807, 2.05) is 61.5 Å². The van der Waals surface area contributed by atoms with Crippen LogP contribution in [0.1, 0.15) is 36.5 Å². The number of ether oxygens (including phenoxy) is 1. The van der Waals surface area contributed by atoms with Gasteiger partial charge in [0.2, 0.25) is 5.91 Å². The van der Waals surface area contributed by atoms with Crippen LogP contribution >= 0.6 is 0 Å². The van der Waals surface area contributed by atoms with Crippen molar-refractivity contribution in [3.05, 3.63) is 71.3 Å². The second kappa shape index (κ2) is 11.4. The number of Topliss-reactive ketones (excluding diaryl/α,β-unsaturated/α-hetero) is 1. The van der Waals surface area contributed by atoms with Gasteiger partial charge in [-0.1, -0.05) is 61.5 Å². The van der Waals surface area contributed by atoms with E-state index in [4.69, 9.17) is 4.74 Å². The molecule has 170 valence electrons. The third-order valence-electron chi connectivity index (χ3n) is 5.74. The van der Waals surface area contributed by atoms with Crippen molar-refractivity contribution in [2.24, 2.45) is 5.92 Å². The number of aliphatic hydroxyl groups is 1. The van der Waals surface area contributed by atoms with Crippen LogP contribution in [0.3, 0.4) is 0 Å². The summed E-state index contributed by atoms with van der Waals surface area (Å²) in [5, 5.41) is 12.1. The smallest absolute Gasteiger partial charge is 0.407 e. The molecule has 0 saturated carbocycles. The third kappa shape index (κ3) is 6.40. The highest BCUT2D eigenvalue weighted by Gasteiger charge is 2.34. The number of nitrogens with zero attached hydrogens (tertiary/aromatic N) is 1. The molecule has 1 aliphatic rings. The van der Waals surface area contributed by atoms with Crippen LogP contribution in [0.2, 0.25) is 0 Å². The normalized spacial score (nSPS) is 16.1. The van der Waals surface area contributed by atoms with Gasteiger partial charge in [0.25, 0.3) is 0 Å². The van der Waals surface area contributed by atoms with E-state index in [1.165, 1.54) is 0 Å². The summed E-state index contributed by atoms with van der Waals surface area (Å²) >= 11 is 0. The predicted octanol–water partition coefficient (Wildman–Crippen LogP) is 2.84. The molecule has 2 N–H and O–H groups in total. The summed E-state index contributed by atoms with van der Waals surface area (Å²) in [5.74, 6) is -0.451. The van der Waals surface area contributed by atoms with Crippen LogP contribution in [-0.2, 0) is 33.9 Å². The fraction of sp³-hybridized carbons (Fsp3) is 0.400. The summed E-state index contributed by atoms with van der Waals surface area (Å²) < 4.78 is 5.19. The lowest BCUT2D eigenvalue weighted by molar-refractivity contribution is -0.142. The number of carbonyl (C=O) groups excluding carboxylic acids is 3. The van der Waals surface area contributed by atoms with Gasteiger partial charge in [0.05, 0.1) is 6.04 Å². The Bertz CT molecular complexity index is 931. The second-order valence-corrected chi connectivity index (χ2v) is 8.22. The van der Waals surface area contributed by atoms with Crippen LogP contribution in [0.5, 0.6) is 0 Å². The Morgan fingerprint density at radius 3 is 2.50 bits per heavy atom. The number of aliphatic hydroxyl groups excluding tert-OH is 1. The summed E-state index contributed by atoms with van der Waals surface area (Å²) in [6.45, 7) is 2.32. The lowest BCUT2D eigenvalue weighted by Crippen LogP contribution is -2.49. The van der Waals surface area contributed by atoms with Crippen LogP contribution in [0.4, 0.5) is 4.79 Å². The number of fused-ring (bicyclic) bond motifs is 1. The van der Waals surface area contributed by atoms with E-state index in [0.717, 1.165) is 16.7 Å². The Kier molecular flexibility index (Phi) is 8.39. The fourth-order valence-electron chi connectivity index (χ4n) is 3.89. The fourth-order valence-corrected chi connectivity index (χ4v) is 3.89. The van der Waals surface area contributed by atoms with Crippen LogP contribution in [-0.4, -0.2) is 47.0 Å². The molecule has 2 aromatic rings. The number of rotatable bonds is 9. The molecule has 0 fully saturated rings.